The van der Waals surface area contributed by atoms with E-state index >= 15 is 0 Å². The maximum Gasteiger partial charge on any atom is 0.120 e. The summed E-state index contributed by atoms with van der Waals surface area (Å²) >= 11 is 3.57. The normalized spacial score (nSPS) is 12.4. The van der Waals surface area contributed by atoms with E-state index in [4.69, 9.17) is 10.5 Å². The fourth-order valence-corrected chi connectivity index (χ4v) is 2.89. The molecule has 0 aliphatic rings. The number of methoxy groups -OCH3 is 1. The van der Waals surface area contributed by atoms with Crippen molar-refractivity contribution in [3.05, 3.63) is 28.2 Å². The van der Waals surface area contributed by atoms with Crippen molar-refractivity contribution >= 4 is 15.9 Å². The molecule has 0 heterocycles. The molecule has 2 N–H and O–H groups in total. The third kappa shape index (κ3) is 5.96. The molecule has 0 bridgehead atoms. The Morgan fingerprint density at radius 2 is 1.84 bits per heavy atom. The van der Waals surface area contributed by atoms with Gasteiger partial charge in [0, 0.05) is 10.5 Å². The van der Waals surface area contributed by atoms with Gasteiger partial charge >= 0.3 is 0 Å². The van der Waals surface area contributed by atoms with E-state index in [1.165, 1.54) is 44.1 Å². The third-order valence-corrected chi connectivity index (χ3v) is 4.16. The van der Waals surface area contributed by atoms with Crippen LogP contribution in [0.5, 0.6) is 5.75 Å². The van der Waals surface area contributed by atoms with Crippen LogP contribution in [0.1, 0.15) is 63.5 Å². The van der Waals surface area contributed by atoms with Crippen LogP contribution in [-0.4, -0.2) is 7.11 Å². The summed E-state index contributed by atoms with van der Waals surface area (Å²) in [5, 5.41) is 0. The van der Waals surface area contributed by atoms with E-state index in [1.54, 1.807) is 7.11 Å². The minimum Gasteiger partial charge on any atom is -0.497 e. The molecule has 1 rings (SSSR count). The second kappa shape index (κ2) is 9.38. The highest BCUT2D eigenvalue weighted by Gasteiger charge is 2.10. The fraction of sp³-hybridized carbons (Fsp3) is 0.625. The first-order chi connectivity index (χ1) is 9.19. The van der Waals surface area contributed by atoms with Crippen molar-refractivity contribution in [2.24, 2.45) is 5.73 Å². The third-order valence-electron chi connectivity index (χ3n) is 3.48. The van der Waals surface area contributed by atoms with Crippen molar-refractivity contribution in [3.8, 4) is 5.75 Å². The largest absolute Gasteiger partial charge is 0.497 e. The van der Waals surface area contributed by atoms with E-state index in [2.05, 4.69) is 28.9 Å². The molecule has 0 aromatic heterocycles. The number of hydrogen-bond donors (Lipinski definition) is 1. The average molecular weight is 328 g/mol. The molecule has 0 radical (unpaired) electrons. The van der Waals surface area contributed by atoms with Gasteiger partial charge in [-0.1, -0.05) is 67.4 Å². The van der Waals surface area contributed by atoms with Crippen LogP contribution in [0.2, 0.25) is 0 Å². The van der Waals surface area contributed by atoms with Gasteiger partial charge < -0.3 is 10.5 Å². The van der Waals surface area contributed by atoms with Gasteiger partial charge in [0.05, 0.1) is 7.11 Å². The molecule has 0 spiro atoms. The quantitative estimate of drug-likeness (QED) is 0.632. The van der Waals surface area contributed by atoms with E-state index in [0.29, 0.717) is 0 Å². The van der Waals surface area contributed by atoms with Crippen molar-refractivity contribution in [1.29, 1.82) is 0 Å². The molecule has 1 aromatic carbocycles. The van der Waals surface area contributed by atoms with Gasteiger partial charge in [-0.2, -0.15) is 0 Å². The lowest BCUT2D eigenvalue weighted by molar-refractivity contribution is 0.414. The Labute approximate surface area is 125 Å². The predicted molar refractivity (Wildman–Crippen MR) is 85.6 cm³/mol. The molecule has 0 amide bonds. The number of halogens is 1. The Balaban J connectivity index is 2.34. The van der Waals surface area contributed by atoms with Crippen LogP contribution in [-0.2, 0) is 0 Å². The second-order valence-electron chi connectivity index (χ2n) is 5.05. The standard InChI is InChI=1S/C16H26BrNO/c1-3-4-5-6-7-8-9-16(18)14-11-10-13(19-2)12-15(14)17/h10-12,16H,3-9,18H2,1-2H3. The van der Waals surface area contributed by atoms with E-state index < -0.39 is 0 Å². The number of hydrogen-bond acceptors (Lipinski definition) is 2. The second-order valence-corrected chi connectivity index (χ2v) is 5.90. The van der Waals surface area contributed by atoms with Crippen molar-refractivity contribution in [2.45, 2.75) is 57.9 Å². The van der Waals surface area contributed by atoms with Crippen LogP contribution < -0.4 is 10.5 Å². The summed E-state index contributed by atoms with van der Waals surface area (Å²) in [5.74, 6) is 0.863. The monoisotopic (exact) mass is 327 g/mol. The van der Waals surface area contributed by atoms with Gasteiger partial charge in [0.25, 0.3) is 0 Å². The lowest BCUT2D eigenvalue weighted by atomic mass is 10.0. The molecule has 1 aromatic rings. The molecule has 1 atom stereocenters. The average Bonchev–Trinajstić information content (AvgIpc) is 2.42. The Hall–Kier alpha value is -0.540. The molecular formula is C16H26BrNO. The van der Waals surface area contributed by atoms with Gasteiger partial charge in [-0.3, -0.25) is 0 Å². The molecule has 19 heavy (non-hydrogen) atoms. The van der Waals surface area contributed by atoms with Crippen molar-refractivity contribution in [3.63, 3.8) is 0 Å². The van der Waals surface area contributed by atoms with Crippen molar-refractivity contribution in [2.75, 3.05) is 7.11 Å². The van der Waals surface area contributed by atoms with E-state index in [0.717, 1.165) is 16.6 Å². The first kappa shape index (κ1) is 16.5. The molecule has 0 aliphatic heterocycles. The Bertz CT molecular complexity index is 368. The molecule has 0 aliphatic carbocycles. The summed E-state index contributed by atoms with van der Waals surface area (Å²) in [6.07, 6.45) is 8.92. The number of unbranched alkanes of at least 4 members (excludes halogenated alkanes) is 5. The fourth-order valence-electron chi connectivity index (χ4n) is 2.24. The summed E-state index contributed by atoms with van der Waals surface area (Å²) in [6, 6.07) is 6.13. The molecule has 1 unspecified atom stereocenters. The highest BCUT2D eigenvalue weighted by Crippen LogP contribution is 2.29. The Morgan fingerprint density at radius 1 is 1.16 bits per heavy atom. The Kier molecular flexibility index (Phi) is 8.15. The molecular weight excluding hydrogens is 302 g/mol. The molecule has 0 saturated carbocycles. The highest BCUT2D eigenvalue weighted by atomic mass is 79.9. The zero-order valence-electron chi connectivity index (χ0n) is 12.1. The lowest BCUT2D eigenvalue weighted by Gasteiger charge is -2.14. The number of nitrogens with two attached hydrogens (primary N) is 1. The van der Waals surface area contributed by atoms with Gasteiger partial charge in [0.2, 0.25) is 0 Å². The van der Waals surface area contributed by atoms with E-state index in [-0.39, 0.29) is 6.04 Å². The van der Waals surface area contributed by atoms with Crippen LogP contribution >= 0.6 is 15.9 Å². The lowest BCUT2D eigenvalue weighted by Crippen LogP contribution is -2.10. The van der Waals surface area contributed by atoms with Gasteiger partial charge in [0.1, 0.15) is 5.75 Å². The minimum atomic E-state index is 0.117. The van der Waals surface area contributed by atoms with Crippen LogP contribution in [0.25, 0.3) is 0 Å². The van der Waals surface area contributed by atoms with Gasteiger partial charge in [-0.25, -0.2) is 0 Å². The van der Waals surface area contributed by atoms with Gasteiger partial charge in [0.15, 0.2) is 0 Å². The number of rotatable bonds is 9. The molecule has 2 nitrogen and oxygen atoms in total. The molecule has 0 fully saturated rings. The van der Waals surface area contributed by atoms with E-state index in [1.807, 2.05) is 12.1 Å². The Morgan fingerprint density at radius 3 is 2.47 bits per heavy atom. The smallest absolute Gasteiger partial charge is 0.120 e. The minimum absolute atomic E-state index is 0.117. The topological polar surface area (TPSA) is 35.2 Å². The zero-order chi connectivity index (χ0) is 14.1. The molecule has 3 heteroatoms. The van der Waals surface area contributed by atoms with E-state index in [9.17, 15) is 0 Å². The predicted octanol–water partition coefficient (Wildman–Crippen LogP) is 5.21. The summed E-state index contributed by atoms with van der Waals surface area (Å²) in [4.78, 5) is 0. The first-order valence-corrected chi connectivity index (χ1v) is 8.07. The van der Waals surface area contributed by atoms with Crippen LogP contribution in [0.3, 0.4) is 0 Å². The van der Waals surface area contributed by atoms with Gasteiger partial charge in [-0.05, 0) is 24.1 Å². The SMILES string of the molecule is CCCCCCCCC(N)c1ccc(OC)cc1Br. The van der Waals surface area contributed by atoms with Gasteiger partial charge in [-0.15, -0.1) is 0 Å². The zero-order valence-corrected chi connectivity index (χ0v) is 13.7. The van der Waals surface area contributed by atoms with Crippen LogP contribution in [0.15, 0.2) is 22.7 Å². The first-order valence-electron chi connectivity index (χ1n) is 7.28. The maximum atomic E-state index is 6.26. The highest BCUT2D eigenvalue weighted by molar-refractivity contribution is 9.10. The summed E-state index contributed by atoms with van der Waals surface area (Å²) in [6.45, 7) is 2.25. The summed E-state index contributed by atoms with van der Waals surface area (Å²) in [7, 11) is 1.68. The number of ether oxygens (including phenoxy) is 1. The van der Waals surface area contributed by atoms with Crippen molar-refractivity contribution < 1.29 is 4.74 Å². The maximum absolute atomic E-state index is 6.26. The summed E-state index contributed by atoms with van der Waals surface area (Å²) in [5.41, 5.74) is 7.43. The van der Waals surface area contributed by atoms with Crippen LogP contribution in [0, 0.1) is 0 Å². The summed E-state index contributed by atoms with van der Waals surface area (Å²) < 4.78 is 6.24. The van der Waals surface area contributed by atoms with Crippen LogP contribution in [0.4, 0.5) is 0 Å². The van der Waals surface area contributed by atoms with Crippen molar-refractivity contribution in [1.82, 2.24) is 0 Å². The number of benzene rings is 1. The molecule has 0 saturated heterocycles. The molecule has 108 valence electrons.